The fraction of sp³-hybridized carbons (Fsp3) is 0.450. The van der Waals surface area contributed by atoms with Crippen LogP contribution in [0.25, 0.3) is 0 Å². The first-order valence-corrected chi connectivity index (χ1v) is 9.39. The van der Waals surface area contributed by atoms with Gasteiger partial charge in [-0.2, -0.15) is 10.2 Å². The number of hydrogen-bond donors (Lipinski definition) is 2. The van der Waals surface area contributed by atoms with E-state index in [1.54, 1.807) is 6.07 Å². The minimum Gasteiger partial charge on any atom is -0.355 e. The average Bonchev–Trinajstić information content (AvgIpc) is 2.69. The number of halogens is 3. The van der Waals surface area contributed by atoms with Gasteiger partial charge in [-0.05, 0) is 44.5 Å². The number of anilines is 3. The van der Waals surface area contributed by atoms with Gasteiger partial charge in [0.25, 0.3) is 0 Å². The maximum Gasteiger partial charge on any atom is 0.229 e. The lowest BCUT2D eigenvalue weighted by Gasteiger charge is -2.33. The summed E-state index contributed by atoms with van der Waals surface area (Å²) in [5.74, 6) is 0.840. The van der Waals surface area contributed by atoms with Crippen molar-refractivity contribution in [3.8, 4) is 6.07 Å². The van der Waals surface area contributed by atoms with Crippen LogP contribution < -0.4 is 15.5 Å². The number of rotatable bonds is 6. The van der Waals surface area contributed by atoms with Crippen LogP contribution in [0.2, 0.25) is 0 Å². The Bertz CT molecular complexity index is 842. The largest absolute Gasteiger partial charge is 0.355 e. The minimum absolute atomic E-state index is 0. The van der Waals surface area contributed by atoms with E-state index in [4.69, 9.17) is 5.26 Å². The highest BCUT2D eigenvalue weighted by atomic mass is 35.5. The first kappa shape index (κ1) is 24.9. The molecule has 0 saturated carbocycles. The summed E-state index contributed by atoms with van der Waals surface area (Å²) in [6.07, 6.45) is 4.13. The zero-order chi connectivity index (χ0) is 19.2. The van der Waals surface area contributed by atoms with Gasteiger partial charge in [-0.15, -0.1) is 24.8 Å². The molecule has 1 saturated heterocycles. The number of nitrogens with one attached hydrogen (secondary N) is 2. The van der Waals surface area contributed by atoms with Crippen LogP contribution in [0.3, 0.4) is 0 Å². The van der Waals surface area contributed by atoms with E-state index in [0.29, 0.717) is 17.7 Å². The number of benzene rings is 1. The molecule has 3 rings (SSSR count). The Hall–Kier alpha value is -2.14. The van der Waals surface area contributed by atoms with Gasteiger partial charge in [0.05, 0.1) is 5.56 Å². The Kier molecular flexibility index (Phi) is 10.1. The number of likely N-dealkylation sites (N-methyl/N-ethyl adjacent to an activating group) is 1. The lowest BCUT2D eigenvalue weighted by atomic mass is 10.1. The maximum atomic E-state index is 13.6. The third-order valence-corrected chi connectivity index (χ3v) is 4.77. The summed E-state index contributed by atoms with van der Waals surface area (Å²) in [5.41, 5.74) is 1.57. The molecule has 0 aliphatic carbocycles. The third kappa shape index (κ3) is 6.43. The van der Waals surface area contributed by atoms with Crippen molar-refractivity contribution in [1.29, 1.82) is 5.26 Å². The molecule has 9 heteroatoms. The molecule has 0 radical (unpaired) electrons. The fourth-order valence-corrected chi connectivity index (χ4v) is 3.32. The van der Waals surface area contributed by atoms with Gasteiger partial charge in [-0.3, -0.25) is 0 Å². The molecule has 6 nitrogen and oxygen atoms in total. The molecule has 1 aromatic carbocycles. The second-order valence-corrected chi connectivity index (χ2v) is 6.80. The Morgan fingerprint density at radius 2 is 2.07 bits per heavy atom. The van der Waals surface area contributed by atoms with E-state index in [9.17, 15) is 4.39 Å². The molecule has 1 aliphatic rings. The van der Waals surface area contributed by atoms with Crippen molar-refractivity contribution in [2.75, 3.05) is 30.4 Å². The number of piperidine rings is 1. The van der Waals surface area contributed by atoms with Gasteiger partial charge in [-0.1, -0.05) is 13.3 Å². The fourth-order valence-electron chi connectivity index (χ4n) is 3.32. The van der Waals surface area contributed by atoms with Crippen LogP contribution in [0, 0.1) is 17.1 Å². The van der Waals surface area contributed by atoms with Crippen LogP contribution in [0.4, 0.5) is 21.8 Å². The molecule has 2 aromatic rings. The van der Waals surface area contributed by atoms with Gasteiger partial charge in [-0.25, -0.2) is 9.37 Å². The Morgan fingerprint density at radius 1 is 1.28 bits per heavy atom. The Balaban J connectivity index is 0.00000210. The van der Waals surface area contributed by atoms with Gasteiger partial charge < -0.3 is 15.5 Å². The number of nitriles is 1. The molecule has 1 aliphatic heterocycles. The molecule has 29 heavy (non-hydrogen) atoms. The van der Waals surface area contributed by atoms with Crippen molar-refractivity contribution in [3.63, 3.8) is 0 Å². The average molecular weight is 441 g/mol. The molecule has 1 aromatic heterocycles. The molecular formula is C20H27Cl2FN6. The molecule has 1 fully saturated rings. The van der Waals surface area contributed by atoms with Gasteiger partial charge in [0.2, 0.25) is 5.95 Å². The van der Waals surface area contributed by atoms with E-state index in [-0.39, 0.29) is 30.4 Å². The first-order chi connectivity index (χ1) is 13.1. The predicted molar refractivity (Wildman–Crippen MR) is 119 cm³/mol. The summed E-state index contributed by atoms with van der Waals surface area (Å²) in [7, 11) is 1.99. The van der Waals surface area contributed by atoms with Crippen molar-refractivity contribution >= 4 is 42.3 Å². The van der Waals surface area contributed by atoms with E-state index in [0.717, 1.165) is 50.3 Å². The van der Waals surface area contributed by atoms with E-state index >= 15 is 0 Å². The normalized spacial score (nSPS) is 15.7. The predicted octanol–water partition coefficient (Wildman–Crippen LogP) is 4.22. The van der Waals surface area contributed by atoms with Crippen LogP contribution >= 0.6 is 24.8 Å². The van der Waals surface area contributed by atoms with Crippen LogP contribution in [0.5, 0.6) is 0 Å². The number of nitrogens with zero attached hydrogens (tertiary/aromatic N) is 4. The van der Waals surface area contributed by atoms with Gasteiger partial charge >= 0.3 is 0 Å². The lowest BCUT2D eigenvalue weighted by molar-refractivity contribution is 0.447. The molecule has 2 heterocycles. The highest BCUT2D eigenvalue weighted by molar-refractivity contribution is 5.85. The van der Waals surface area contributed by atoms with Crippen LogP contribution in [-0.4, -0.2) is 36.1 Å². The topological polar surface area (TPSA) is 76.9 Å². The highest BCUT2D eigenvalue weighted by Crippen LogP contribution is 2.23. The zero-order valence-corrected chi connectivity index (χ0v) is 18.2. The molecule has 0 unspecified atom stereocenters. The number of aromatic nitrogens is 2. The van der Waals surface area contributed by atoms with Crippen LogP contribution in [0.1, 0.15) is 37.4 Å². The van der Waals surface area contributed by atoms with Gasteiger partial charge in [0, 0.05) is 36.6 Å². The highest BCUT2D eigenvalue weighted by Gasteiger charge is 2.20. The maximum absolute atomic E-state index is 13.6. The Morgan fingerprint density at radius 3 is 2.76 bits per heavy atom. The first-order valence-electron chi connectivity index (χ1n) is 9.39. The summed E-state index contributed by atoms with van der Waals surface area (Å²) in [5, 5.41) is 15.5. The minimum atomic E-state index is -0.532. The quantitative estimate of drug-likeness (QED) is 0.699. The van der Waals surface area contributed by atoms with E-state index < -0.39 is 5.82 Å². The molecule has 158 valence electrons. The number of aryl methyl sites for hydroxylation is 1. The third-order valence-electron chi connectivity index (χ3n) is 4.77. The molecular weight excluding hydrogens is 414 g/mol. The van der Waals surface area contributed by atoms with E-state index in [2.05, 4.69) is 38.5 Å². The molecule has 2 N–H and O–H groups in total. The number of hydrogen-bond acceptors (Lipinski definition) is 6. The van der Waals surface area contributed by atoms with Crippen molar-refractivity contribution < 1.29 is 4.39 Å². The standard InChI is InChI=1S/C20H25FN6.2ClH/c1-3-5-15-11-19(27-9-4-6-17(13-27)23-2)26-20(24-15)25-16-7-8-18(21)14(10-16)12-22;;/h7-8,10-11,17,23H,3-6,9,13H2,1-2H3,(H,24,25,26);2*1H/t17-;;/m1../s1. The second-order valence-electron chi connectivity index (χ2n) is 6.80. The Labute approximate surface area is 183 Å². The van der Waals surface area contributed by atoms with Crippen LogP contribution in [0.15, 0.2) is 24.3 Å². The van der Waals surface area contributed by atoms with E-state index in [1.807, 2.05) is 13.1 Å². The van der Waals surface area contributed by atoms with Crippen molar-refractivity contribution in [3.05, 3.63) is 41.3 Å². The summed E-state index contributed by atoms with van der Waals surface area (Å²) in [4.78, 5) is 11.5. The molecule has 1 atom stereocenters. The zero-order valence-electron chi connectivity index (χ0n) is 16.6. The molecule has 0 bridgehead atoms. The van der Waals surface area contributed by atoms with Gasteiger partial charge in [0.1, 0.15) is 17.7 Å². The summed E-state index contributed by atoms with van der Waals surface area (Å²) < 4.78 is 13.6. The van der Waals surface area contributed by atoms with Gasteiger partial charge in [0.15, 0.2) is 0 Å². The molecule has 0 spiro atoms. The van der Waals surface area contributed by atoms with Crippen molar-refractivity contribution in [1.82, 2.24) is 15.3 Å². The summed E-state index contributed by atoms with van der Waals surface area (Å²) in [6.45, 7) is 3.99. The molecule has 0 amide bonds. The SMILES string of the molecule is CCCc1cc(N2CCC[C@@H](NC)C2)nc(Nc2ccc(F)c(C#N)c2)n1.Cl.Cl. The van der Waals surface area contributed by atoms with E-state index in [1.165, 1.54) is 12.1 Å². The summed E-state index contributed by atoms with van der Waals surface area (Å²) >= 11 is 0. The summed E-state index contributed by atoms with van der Waals surface area (Å²) in [6, 6.07) is 8.70. The van der Waals surface area contributed by atoms with Crippen LogP contribution in [-0.2, 0) is 6.42 Å². The van der Waals surface area contributed by atoms with Crippen molar-refractivity contribution in [2.24, 2.45) is 0 Å². The second kappa shape index (κ2) is 11.8. The monoisotopic (exact) mass is 440 g/mol. The van der Waals surface area contributed by atoms with Crippen molar-refractivity contribution in [2.45, 2.75) is 38.6 Å². The smallest absolute Gasteiger partial charge is 0.229 e. The lowest BCUT2D eigenvalue weighted by Crippen LogP contribution is -2.44.